The predicted molar refractivity (Wildman–Crippen MR) is 91.9 cm³/mol. The molecule has 0 saturated carbocycles. The minimum absolute atomic E-state index is 0.0718. The molecule has 1 heterocycles. The quantitative estimate of drug-likeness (QED) is 0.814. The molecule has 0 radical (unpaired) electrons. The topological polar surface area (TPSA) is 105 Å². The summed E-state index contributed by atoms with van der Waals surface area (Å²) >= 11 is 0. The molecule has 1 aromatic heterocycles. The van der Waals surface area contributed by atoms with Crippen LogP contribution in [0.5, 0.6) is 0 Å². The van der Waals surface area contributed by atoms with Crippen LogP contribution in [0.3, 0.4) is 0 Å². The molecule has 0 fully saturated rings. The van der Waals surface area contributed by atoms with E-state index in [0.717, 1.165) is 9.54 Å². The van der Waals surface area contributed by atoms with Crippen molar-refractivity contribution in [1.29, 1.82) is 0 Å². The van der Waals surface area contributed by atoms with Crippen LogP contribution in [-0.4, -0.2) is 35.4 Å². The standard InChI is InChI=1S/C17H20N2O5S/c1-11(2)15(17(21)22)18-16(20)13-8-9-19(10-13)25(23,24)14-6-4-12(3)5-7-14/h4-11,15H,1-3H3,(H,18,20)(H,21,22)/t15-/m0/s1. The molecule has 8 heteroatoms. The number of benzene rings is 1. The van der Waals surface area contributed by atoms with Gasteiger partial charge in [0.1, 0.15) is 6.04 Å². The van der Waals surface area contributed by atoms with Gasteiger partial charge in [-0.1, -0.05) is 31.5 Å². The third-order valence-corrected chi connectivity index (χ3v) is 5.40. The van der Waals surface area contributed by atoms with Crippen molar-refractivity contribution in [2.24, 2.45) is 5.92 Å². The lowest BCUT2D eigenvalue weighted by Crippen LogP contribution is -2.44. The number of aliphatic carboxylic acids is 1. The highest BCUT2D eigenvalue weighted by Gasteiger charge is 2.25. The first-order valence-corrected chi connectivity index (χ1v) is 9.11. The molecule has 0 saturated heterocycles. The largest absolute Gasteiger partial charge is 0.480 e. The number of nitrogens with one attached hydrogen (secondary N) is 1. The van der Waals surface area contributed by atoms with Crippen LogP contribution >= 0.6 is 0 Å². The van der Waals surface area contributed by atoms with Crippen molar-refractivity contribution in [3.63, 3.8) is 0 Å². The van der Waals surface area contributed by atoms with Gasteiger partial charge < -0.3 is 10.4 Å². The zero-order valence-corrected chi connectivity index (χ0v) is 14.9. The molecule has 1 aromatic carbocycles. The average molecular weight is 364 g/mol. The van der Waals surface area contributed by atoms with Crippen LogP contribution in [0.2, 0.25) is 0 Å². The van der Waals surface area contributed by atoms with Gasteiger partial charge in [0, 0.05) is 12.4 Å². The molecule has 0 aliphatic heterocycles. The number of carbonyl (C=O) groups excluding carboxylic acids is 1. The molecule has 2 rings (SSSR count). The second-order valence-electron chi connectivity index (χ2n) is 6.08. The zero-order chi connectivity index (χ0) is 18.8. The Morgan fingerprint density at radius 2 is 1.72 bits per heavy atom. The van der Waals surface area contributed by atoms with Gasteiger partial charge in [0.05, 0.1) is 10.5 Å². The molecule has 0 spiro atoms. The number of amides is 1. The molecule has 25 heavy (non-hydrogen) atoms. The van der Waals surface area contributed by atoms with Gasteiger partial charge in [0.15, 0.2) is 0 Å². The van der Waals surface area contributed by atoms with Gasteiger partial charge in [-0.2, -0.15) is 0 Å². The van der Waals surface area contributed by atoms with Crippen LogP contribution in [0, 0.1) is 12.8 Å². The summed E-state index contributed by atoms with van der Waals surface area (Å²) in [6, 6.07) is 6.63. The maximum Gasteiger partial charge on any atom is 0.326 e. The van der Waals surface area contributed by atoms with Gasteiger partial charge in [-0.25, -0.2) is 17.2 Å². The van der Waals surface area contributed by atoms with Gasteiger partial charge in [0.2, 0.25) is 0 Å². The molecule has 134 valence electrons. The van der Waals surface area contributed by atoms with E-state index in [1.54, 1.807) is 26.0 Å². The van der Waals surface area contributed by atoms with Gasteiger partial charge in [0.25, 0.3) is 15.9 Å². The minimum Gasteiger partial charge on any atom is -0.480 e. The van der Waals surface area contributed by atoms with Gasteiger partial charge in [-0.15, -0.1) is 0 Å². The summed E-state index contributed by atoms with van der Waals surface area (Å²) < 4.78 is 26.1. The van der Waals surface area contributed by atoms with Gasteiger partial charge in [-0.05, 0) is 31.0 Å². The number of carbonyl (C=O) groups is 2. The van der Waals surface area contributed by atoms with Gasteiger partial charge in [-0.3, -0.25) is 4.79 Å². The summed E-state index contributed by atoms with van der Waals surface area (Å²) in [7, 11) is -3.81. The number of hydrogen-bond donors (Lipinski definition) is 2. The Morgan fingerprint density at radius 3 is 2.24 bits per heavy atom. The summed E-state index contributed by atoms with van der Waals surface area (Å²) in [5.74, 6) is -2.09. The summed E-state index contributed by atoms with van der Waals surface area (Å²) in [4.78, 5) is 23.5. The number of aryl methyl sites for hydroxylation is 1. The number of rotatable bonds is 6. The normalized spacial score (nSPS) is 12.8. The summed E-state index contributed by atoms with van der Waals surface area (Å²) in [5, 5.41) is 11.5. The Bertz CT molecular complexity index is 882. The zero-order valence-electron chi connectivity index (χ0n) is 14.1. The molecule has 0 bridgehead atoms. The Balaban J connectivity index is 2.25. The average Bonchev–Trinajstić information content (AvgIpc) is 3.03. The predicted octanol–water partition coefficient (Wildman–Crippen LogP) is 1.87. The van der Waals surface area contributed by atoms with E-state index in [4.69, 9.17) is 5.11 Å². The van der Waals surface area contributed by atoms with Crippen molar-refractivity contribution in [2.75, 3.05) is 0 Å². The fraction of sp³-hybridized carbons (Fsp3) is 0.294. The first kappa shape index (κ1) is 18.7. The van der Waals surface area contributed by atoms with Crippen LogP contribution in [0.25, 0.3) is 0 Å². The smallest absolute Gasteiger partial charge is 0.326 e. The fourth-order valence-corrected chi connectivity index (χ4v) is 3.43. The lowest BCUT2D eigenvalue weighted by atomic mass is 10.0. The number of aromatic nitrogens is 1. The van der Waals surface area contributed by atoms with Crippen molar-refractivity contribution >= 4 is 21.9 Å². The van der Waals surface area contributed by atoms with E-state index in [-0.39, 0.29) is 16.4 Å². The number of nitrogens with zero attached hydrogens (tertiary/aromatic N) is 1. The fourth-order valence-electron chi connectivity index (χ4n) is 2.23. The second kappa shape index (κ2) is 7.10. The third kappa shape index (κ3) is 4.08. The second-order valence-corrected chi connectivity index (χ2v) is 7.92. The van der Waals surface area contributed by atoms with E-state index < -0.39 is 27.9 Å². The summed E-state index contributed by atoms with van der Waals surface area (Å²) in [5.41, 5.74) is 1.00. The molecule has 2 aromatic rings. The molecule has 1 amide bonds. The Labute approximate surface area is 146 Å². The molecular formula is C17H20N2O5S. The van der Waals surface area contributed by atoms with Crippen LogP contribution < -0.4 is 5.32 Å². The monoisotopic (exact) mass is 364 g/mol. The molecule has 2 N–H and O–H groups in total. The maximum absolute atomic E-state index is 12.6. The molecule has 0 unspecified atom stereocenters. The highest BCUT2D eigenvalue weighted by Crippen LogP contribution is 2.16. The Morgan fingerprint density at radius 1 is 1.12 bits per heavy atom. The van der Waals surface area contributed by atoms with E-state index in [1.165, 1.54) is 30.6 Å². The lowest BCUT2D eigenvalue weighted by molar-refractivity contribution is -0.140. The highest BCUT2D eigenvalue weighted by atomic mass is 32.2. The number of carboxylic acids is 1. The van der Waals surface area contributed by atoms with E-state index in [2.05, 4.69) is 5.32 Å². The molecular weight excluding hydrogens is 344 g/mol. The first-order chi connectivity index (χ1) is 11.6. The van der Waals surface area contributed by atoms with E-state index in [1.807, 2.05) is 6.92 Å². The number of hydrogen-bond acceptors (Lipinski definition) is 4. The van der Waals surface area contributed by atoms with Crippen molar-refractivity contribution in [3.8, 4) is 0 Å². The van der Waals surface area contributed by atoms with Crippen molar-refractivity contribution in [3.05, 3.63) is 53.9 Å². The van der Waals surface area contributed by atoms with Crippen LogP contribution in [0.4, 0.5) is 0 Å². The van der Waals surface area contributed by atoms with Crippen LogP contribution in [0.1, 0.15) is 29.8 Å². The van der Waals surface area contributed by atoms with Crippen LogP contribution in [0.15, 0.2) is 47.6 Å². The van der Waals surface area contributed by atoms with Crippen molar-refractivity contribution in [2.45, 2.75) is 31.7 Å². The Hall–Kier alpha value is -2.61. The highest BCUT2D eigenvalue weighted by molar-refractivity contribution is 7.90. The summed E-state index contributed by atoms with van der Waals surface area (Å²) in [6.45, 7) is 5.19. The molecule has 0 aliphatic rings. The number of carboxylic acid groups (broad SMARTS) is 1. The lowest BCUT2D eigenvalue weighted by Gasteiger charge is -2.17. The Kier molecular flexibility index (Phi) is 5.32. The third-order valence-electron chi connectivity index (χ3n) is 3.75. The molecule has 7 nitrogen and oxygen atoms in total. The van der Waals surface area contributed by atoms with Gasteiger partial charge >= 0.3 is 5.97 Å². The first-order valence-electron chi connectivity index (χ1n) is 7.67. The minimum atomic E-state index is -3.81. The van der Waals surface area contributed by atoms with Crippen molar-refractivity contribution < 1.29 is 23.1 Å². The van der Waals surface area contributed by atoms with E-state index in [9.17, 15) is 18.0 Å². The molecule has 0 aliphatic carbocycles. The molecule has 1 atom stereocenters. The van der Waals surface area contributed by atoms with Crippen molar-refractivity contribution in [1.82, 2.24) is 9.29 Å². The maximum atomic E-state index is 12.6. The summed E-state index contributed by atoms with van der Waals surface area (Å²) in [6.07, 6.45) is 2.43. The van der Waals surface area contributed by atoms with E-state index in [0.29, 0.717) is 0 Å². The SMILES string of the molecule is Cc1ccc(S(=O)(=O)n2ccc(C(=O)N[C@H](C(=O)O)C(C)C)c2)cc1. The van der Waals surface area contributed by atoms with Crippen LogP contribution in [-0.2, 0) is 14.8 Å². The van der Waals surface area contributed by atoms with E-state index >= 15 is 0 Å².